The van der Waals surface area contributed by atoms with Crippen LogP contribution in [0.15, 0.2) is 60.9 Å². The number of esters is 1. The molecule has 0 aliphatic heterocycles. The summed E-state index contributed by atoms with van der Waals surface area (Å²) in [4.78, 5) is 37.4. The molecular formula is C30H30Cl2N8O5. The fraction of sp³-hybridized carbons (Fsp3) is 0.267. The van der Waals surface area contributed by atoms with E-state index in [2.05, 4.69) is 36.4 Å². The highest BCUT2D eigenvalue weighted by Crippen LogP contribution is 2.27. The summed E-state index contributed by atoms with van der Waals surface area (Å²) in [7, 11) is 1.33. The number of carbonyl (C=O) groups is 3. The molecule has 0 saturated carbocycles. The summed E-state index contributed by atoms with van der Waals surface area (Å²) in [5, 5.41) is 25.5. The van der Waals surface area contributed by atoms with E-state index in [4.69, 9.17) is 32.7 Å². The van der Waals surface area contributed by atoms with E-state index in [-0.39, 0.29) is 24.1 Å². The number of rotatable bonds is 10. The standard InChI is InChI=1S/C30H30Cl2N8O5/c1-30(2,3)45-29(43)33-16-24(35-26(41)12-9-20-14-21(31)10-11-25(20)40-17-34-38-39-40)22-15-23(36-37-28(22)32)19-7-5-18(6-8-19)13-27(42)44-4/h5-12,14-15,17,24H,13,16H2,1-4H3,(H,33,43)(H,35,41)/b12-9+. The van der Waals surface area contributed by atoms with E-state index < -0.39 is 23.6 Å². The first-order valence-corrected chi connectivity index (χ1v) is 14.3. The van der Waals surface area contributed by atoms with Crippen molar-refractivity contribution in [3.8, 4) is 16.9 Å². The van der Waals surface area contributed by atoms with Crippen LogP contribution < -0.4 is 10.6 Å². The first kappa shape index (κ1) is 33.0. The van der Waals surface area contributed by atoms with Gasteiger partial charge in [0.15, 0.2) is 5.15 Å². The van der Waals surface area contributed by atoms with Crippen molar-refractivity contribution in [3.63, 3.8) is 0 Å². The molecule has 1 atom stereocenters. The molecule has 2 amide bonds. The van der Waals surface area contributed by atoms with Crippen LogP contribution in [0, 0.1) is 0 Å². The summed E-state index contributed by atoms with van der Waals surface area (Å²) in [6.45, 7) is 5.14. The zero-order valence-corrected chi connectivity index (χ0v) is 26.3. The van der Waals surface area contributed by atoms with Gasteiger partial charge in [-0.3, -0.25) is 9.59 Å². The fourth-order valence-electron chi connectivity index (χ4n) is 4.07. The van der Waals surface area contributed by atoms with Crippen LogP contribution in [0.1, 0.15) is 43.5 Å². The van der Waals surface area contributed by atoms with Crippen LogP contribution in [0.2, 0.25) is 10.2 Å². The number of tetrazole rings is 1. The van der Waals surface area contributed by atoms with Gasteiger partial charge in [-0.1, -0.05) is 47.5 Å². The highest BCUT2D eigenvalue weighted by atomic mass is 35.5. The van der Waals surface area contributed by atoms with Crippen molar-refractivity contribution in [2.45, 2.75) is 38.8 Å². The van der Waals surface area contributed by atoms with E-state index in [1.54, 1.807) is 75.4 Å². The molecule has 0 radical (unpaired) electrons. The third-order valence-electron chi connectivity index (χ3n) is 6.14. The van der Waals surface area contributed by atoms with Crippen LogP contribution in [-0.4, -0.2) is 67.6 Å². The number of hydrogen-bond donors (Lipinski definition) is 2. The van der Waals surface area contributed by atoms with Gasteiger partial charge in [-0.25, -0.2) is 4.79 Å². The normalized spacial score (nSPS) is 12.0. The van der Waals surface area contributed by atoms with Crippen molar-refractivity contribution in [2.24, 2.45) is 0 Å². The van der Waals surface area contributed by atoms with Gasteiger partial charge < -0.3 is 20.1 Å². The molecule has 2 heterocycles. The quantitative estimate of drug-likeness (QED) is 0.184. The van der Waals surface area contributed by atoms with Crippen molar-refractivity contribution >= 4 is 47.2 Å². The third-order valence-corrected chi connectivity index (χ3v) is 6.67. The maximum absolute atomic E-state index is 13.2. The van der Waals surface area contributed by atoms with E-state index in [1.165, 1.54) is 24.2 Å². The van der Waals surface area contributed by atoms with Crippen LogP contribution >= 0.6 is 23.2 Å². The van der Waals surface area contributed by atoms with Gasteiger partial charge >= 0.3 is 12.1 Å². The van der Waals surface area contributed by atoms with Crippen molar-refractivity contribution in [1.82, 2.24) is 41.0 Å². The molecule has 15 heteroatoms. The highest BCUT2D eigenvalue weighted by Gasteiger charge is 2.23. The van der Waals surface area contributed by atoms with Crippen molar-refractivity contribution < 1.29 is 23.9 Å². The van der Waals surface area contributed by atoms with Gasteiger partial charge in [0.05, 0.1) is 31.0 Å². The number of alkyl carbamates (subject to hydrolysis) is 1. The highest BCUT2D eigenvalue weighted by molar-refractivity contribution is 6.31. The van der Waals surface area contributed by atoms with Crippen LogP contribution in [0.3, 0.4) is 0 Å². The van der Waals surface area contributed by atoms with Crippen molar-refractivity contribution in [1.29, 1.82) is 0 Å². The molecule has 0 aliphatic carbocycles. The molecule has 4 aromatic rings. The summed E-state index contributed by atoms with van der Waals surface area (Å²) in [6, 6.07) is 13.0. The summed E-state index contributed by atoms with van der Waals surface area (Å²) < 4.78 is 11.5. The van der Waals surface area contributed by atoms with Crippen LogP contribution in [-0.2, 0) is 25.5 Å². The van der Waals surface area contributed by atoms with Crippen LogP contribution in [0.4, 0.5) is 4.79 Å². The molecule has 4 rings (SSSR count). The SMILES string of the molecule is COC(=O)Cc1ccc(-c2cc(C(CNC(=O)OC(C)(C)C)NC(=O)/C=C/c3cc(Cl)ccc3-n3cnnn3)c(Cl)nn2)cc1. The number of hydrogen-bond acceptors (Lipinski definition) is 10. The first-order chi connectivity index (χ1) is 21.4. The molecule has 2 aromatic heterocycles. The number of halogens is 2. The Hall–Kier alpha value is -4.88. The number of carbonyl (C=O) groups excluding carboxylic acids is 3. The fourth-order valence-corrected chi connectivity index (χ4v) is 4.48. The molecule has 2 N–H and O–H groups in total. The lowest BCUT2D eigenvalue weighted by atomic mass is 10.0. The number of nitrogens with one attached hydrogen (secondary N) is 2. The number of nitrogens with zero attached hydrogens (tertiary/aromatic N) is 6. The minimum absolute atomic E-state index is 0.0251. The first-order valence-electron chi connectivity index (χ1n) is 13.6. The zero-order chi connectivity index (χ0) is 32.6. The van der Waals surface area contributed by atoms with Crippen LogP contribution in [0.5, 0.6) is 0 Å². The van der Waals surface area contributed by atoms with Gasteiger partial charge in [0, 0.05) is 34.3 Å². The summed E-state index contributed by atoms with van der Waals surface area (Å²) in [5.74, 6) is -0.862. The molecular weight excluding hydrogens is 623 g/mol. The lowest BCUT2D eigenvalue weighted by Gasteiger charge is -2.23. The number of aromatic nitrogens is 6. The largest absolute Gasteiger partial charge is 0.469 e. The predicted molar refractivity (Wildman–Crippen MR) is 167 cm³/mol. The van der Waals surface area contributed by atoms with Gasteiger partial charge in [-0.15, -0.1) is 15.3 Å². The number of ether oxygens (including phenoxy) is 2. The van der Waals surface area contributed by atoms with E-state index in [1.807, 2.05) is 0 Å². The molecule has 0 fully saturated rings. The topological polar surface area (TPSA) is 163 Å². The maximum Gasteiger partial charge on any atom is 0.407 e. The van der Waals surface area contributed by atoms with Gasteiger partial charge in [-0.2, -0.15) is 4.68 Å². The van der Waals surface area contributed by atoms with Gasteiger partial charge in [-0.05, 0) is 67.1 Å². The number of amides is 2. The Morgan fingerprint density at radius 3 is 2.47 bits per heavy atom. The second kappa shape index (κ2) is 14.7. The van der Waals surface area contributed by atoms with Gasteiger partial charge in [0.25, 0.3) is 0 Å². The van der Waals surface area contributed by atoms with Gasteiger partial charge in [0.2, 0.25) is 5.91 Å². The number of methoxy groups -OCH3 is 1. The molecule has 1 unspecified atom stereocenters. The van der Waals surface area contributed by atoms with E-state index >= 15 is 0 Å². The minimum Gasteiger partial charge on any atom is -0.469 e. The molecule has 13 nitrogen and oxygen atoms in total. The predicted octanol–water partition coefficient (Wildman–Crippen LogP) is 4.54. The Bertz CT molecular complexity index is 1690. The molecule has 0 saturated heterocycles. The summed E-state index contributed by atoms with van der Waals surface area (Å²) in [6.07, 6.45) is 3.73. The summed E-state index contributed by atoms with van der Waals surface area (Å²) >= 11 is 12.7. The van der Waals surface area contributed by atoms with E-state index in [9.17, 15) is 14.4 Å². The average molecular weight is 654 g/mol. The monoisotopic (exact) mass is 652 g/mol. The van der Waals surface area contributed by atoms with E-state index in [0.29, 0.717) is 33.1 Å². The Morgan fingerprint density at radius 1 is 1.04 bits per heavy atom. The number of benzene rings is 2. The Kier molecular flexibility index (Phi) is 10.8. The summed E-state index contributed by atoms with van der Waals surface area (Å²) in [5.41, 5.74) is 2.74. The van der Waals surface area contributed by atoms with E-state index in [0.717, 1.165) is 5.56 Å². The second-order valence-corrected chi connectivity index (χ2v) is 11.5. The maximum atomic E-state index is 13.2. The molecule has 0 spiro atoms. The molecule has 234 valence electrons. The van der Waals surface area contributed by atoms with Crippen LogP contribution in [0.25, 0.3) is 23.0 Å². The molecule has 2 aromatic carbocycles. The lowest BCUT2D eigenvalue weighted by Crippen LogP contribution is -2.40. The van der Waals surface area contributed by atoms with Crippen molar-refractivity contribution in [2.75, 3.05) is 13.7 Å². The smallest absolute Gasteiger partial charge is 0.407 e. The van der Waals surface area contributed by atoms with Crippen molar-refractivity contribution in [3.05, 3.63) is 87.8 Å². The lowest BCUT2D eigenvalue weighted by molar-refractivity contribution is -0.139. The molecule has 0 bridgehead atoms. The Morgan fingerprint density at radius 2 is 1.80 bits per heavy atom. The molecule has 45 heavy (non-hydrogen) atoms. The Balaban J connectivity index is 1.60. The second-order valence-electron chi connectivity index (χ2n) is 10.7. The zero-order valence-electron chi connectivity index (χ0n) is 24.8. The molecule has 0 aliphatic rings. The third kappa shape index (κ3) is 9.55. The van der Waals surface area contributed by atoms with Gasteiger partial charge in [0.1, 0.15) is 11.9 Å². The minimum atomic E-state index is -0.839. The Labute approximate surface area is 268 Å². The average Bonchev–Trinajstić information content (AvgIpc) is 3.53.